The van der Waals surface area contributed by atoms with Gasteiger partial charge in [-0.2, -0.15) is 5.26 Å². The average molecular weight is 261 g/mol. The summed E-state index contributed by atoms with van der Waals surface area (Å²) in [6.07, 6.45) is 0.346. The zero-order valence-electron chi connectivity index (χ0n) is 5.64. The molecule has 0 heterocycles. The second-order valence-electron chi connectivity index (χ2n) is 2.07. The maximum absolute atomic E-state index is 12.5. The maximum Gasteiger partial charge on any atom is 0.124 e. The molecule has 0 spiro atoms. The van der Waals surface area contributed by atoms with E-state index in [-0.39, 0.29) is 5.82 Å². The van der Waals surface area contributed by atoms with E-state index in [4.69, 9.17) is 5.26 Å². The van der Waals surface area contributed by atoms with Crippen LogP contribution in [-0.4, -0.2) is 0 Å². The molecule has 1 rings (SSSR count). The van der Waals surface area contributed by atoms with Crippen molar-refractivity contribution in [1.82, 2.24) is 0 Å². The van der Waals surface area contributed by atoms with Crippen molar-refractivity contribution >= 4 is 22.6 Å². The normalized spacial score (nSPS) is 9.18. The van der Waals surface area contributed by atoms with Gasteiger partial charge in [0.05, 0.1) is 12.5 Å². The molecule has 56 valence electrons. The van der Waals surface area contributed by atoms with Crippen LogP contribution in [0.4, 0.5) is 4.39 Å². The third kappa shape index (κ3) is 2.15. The van der Waals surface area contributed by atoms with Crippen LogP contribution in [0.15, 0.2) is 18.2 Å². The molecule has 0 N–H and O–H groups in total. The molecule has 0 radical (unpaired) electrons. The molecule has 0 saturated carbocycles. The van der Waals surface area contributed by atoms with Gasteiger partial charge in [-0.1, -0.05) is 6.07 Å². The number of hydrogen-bond donors (Lipinski definition) is 0. The summed E-state index contributed by atoms with van der Waals surface area (Å²) >= 11 is 2.02. The minimum Gasteiger partial charge on any atom is -0.207 e. The Hall–Kier alpha value is -0.630. The van der Waals surface area contributed by atoms with Crippen LogP contribution < -0.4 is 0 Å². The zero-order chi connectivity index (χ0) is 8.27. The highest BCUT2D eigenvalue weighted by molar-refractivity contribution is 14.1. The summed E-state index contributed by atoms with van der Waals surface area (Å²) in [6.45, 7) is 0. The number of halogens is 2. The van der Waals surface area contributed by atoms with Crippen LogP contribution in [0.3, 0.4) is 0 Å². The van der Waals surface area contributed by atoms with E-state index in [2.05, 4.69) is 0 Å². The van der Waals surface area contributed by atoms with Gasteiger partial charge >= 0.3 is 0 Å². The van der Waals surface area contributed by atoms with E-state index in [0.717, 1.165) is 9.13 Å². The van der Waals surface area contributed by atoms with E-state index in [9.17, 15) is 4.39 Å². The number of benzene rings is 1. The Balaban J connectivity index is 3.01. The molecule has 0 aliphatic rings. The third-order valence-corrected chi connectivity index (χ3v) is 2.29. The van der Waals surface area contributed by atoms with Gasteiger partial charge in [-0.3, -0.25) is 0 Å². The molecule has 0 atom stereocenters. The van der Waals surface area contributed by atoms with Gasteiger partial charge < -0.3 is 0 Å². The van der Waals surface area contributed by atoms with Crippen LogP contribution in [0.25, 0.3) is 0 Å². The highest BCUT2D eigenvalue weighted by Crippen LogP contribution is 2.13. The van der Waals surface area contributed by atoms with Crippen molar-refractivity contribution in [3.8, 4) is 6.07 Å². The van der Waals surface area contributed by atoms with E-state index in [1.165, 1.54) is 12.1 Å². The van der Waals surface area contributed by atoms with Crippen LogP contribution in [0.5, 0.6) is 0 Å². The quantitative estimate of drug-likeness (QED) is 0.712. The summed E-state index contributed by atoms with van der Waals surface area (Å²) in [5.41, 5.74) is 0.884. The highest BCUT2D eigenvalue weighted by atomic mass is 127. The van der Waals surface area contributed by atoms with Crippen LogP contribution in [-0.2, 0) is 6.42 Å². The lowest BCUT2D eigenvalue weighted by atomic mass is 10.2. The van der Waals surface area contributed by atoms with Gasteiger partial charge in [0.2, 0.25) is 0 Å². The van der Waals surface area contributed by atoms with Gasteiger partial charge in [0.1, 0.15) is 5.82 Å². The molecule has 0 fully saturated rings. The Kier molecular flexibility index (Phi) is 2.83. The molecule has 0 aliphatic heterocycles. The van der Waals surface area contributed by atoms with E-state index < -0.39 is 0 Å². The maximum atomic E-state index is 12.5. The summed E-state index contributed by atoms with van der Waals surface area (Å²) in [5.74, 6) is -0.254. The molecule has 11 heavy (non-hydrogen) atoms. The first-order valence-corrected chi connectivity index (χ1v) is 4.13. The predicted octanol–water partition coefficient (Wildman–Crippen LogP) is 2.50. The van der Waals surface area contributed by atoms with Crippen molar-refractivity contribution < 1.29 is 4.39 Å². The molecular weight excluding hydrogens is 256 g/mol. The molecular formula is C8H5FIN. The Morgan fingerprint density at radius 1 is 1.55 bits per heavy atom. The molecule has 0 bridgehead atoms. The molecule has 0 amide bonds. The van der Waals surface area contributed by atoms with Gasteiger partial charge in [0.25, 0.3) is 0 Å². The van der Waals surface area contributed by atoms with Gasteiger partial charge in [0, 0.05) is 3.57 Å². The van der Waals surface area contributed by atoms with Crippen LogP contribution >= 0.6 is 22.6 Å². The SMILES string of the molecule is N#CCc1ccc(F)cc1I. The van der Waals surface area contributed by atoms with E-state index in [1.807, 2.05) is 28.7 Å². The van der Waals surface area contributed by atoms with Crippen molar-refractivity contribution in [3.05, 3.63) is 33.1 Å². The lowest BCUT2D eigenvalue weighted by molar-refractivity contribution is 0.626. The van der Waals surface area contributed by atoms with Crippen molar-refractivity contribution in [2.45, 2.75) is 6.42 Å². The smallest absolute Gasteiger partial charge is 0.124 e. The Labute approximate surface area is 78.0 Å². The van der Waals surface area contributed by atoms with Gasteiger partial charge in [-0.15, -0.1) is 0 Å². The Morgan fingerprint density at radius 3 is 2.82 bits per heavy atom. The van der Waals surface area contributed by atoms with Crippen LogP contribution in [0.1, 0.15) is 5.56 Å². The first kappa shape index (κ1) is 8.47. The van der Waals surface area contributed by atoms with Crippen molar-refractivity contribution in [2.24, 2.45) is 0 Å². The van der Waals surface area contributed by atoms with E-state index in [1.54, 1.807) is 6.07 Å². The number of nitrogens with zero attached hydrogens (tertiary/aromatic N) is 1. The number of nitriles is 1. The molecule has 0 unspecified atom stereocenters. The minimum atomic E-state index is -0.254. The summed E-state index contributed by atoms with van der Waals surface area (Å²) in [5, 5.41) is 8.37. The van der Waals surface area contributed by atoms with Crippen molar-refractivity contribution in [1.29, 1.82) is 5.26 Å². The second kappa shape index (κ2) is 3.67. The molecule has 0 saturated heterocycles. The minimum absolute atomic E-state index is 0.254. The fourth-order valence-corrected chi connectivity index (χ4v) is 1.42. The predicted molar refractivity (Wildman–Crippen MR) is 48.4 cm³/mol. The molecule has 0 aliphatic carbocycles. The first-order valence-electron chi connectivity index (χ1n) is 3.05. The fourth-order valence-electron chi connectivity index (χ4n) is 0.750. The Morgan fingerprint density at radius 2 is 2.27 bits per heavy atom. The van der Waals surface area contributed by atoms with Gasteiger partial charge in [-0.05, 0) is 40.3 Å². The zero-order valence-corrected chi connectivity index (χ0v) is 7.80. The third-order valence-electron chi connectivity index (χ3n) is 1.28. The van der Waals surface area contributed by atoms with Crippen molar-refractivity contribution in [3.63, 3.8) is 0 Å². The van der Waals surface area contributed by atoms with Gasteiger partial charge in [-0.25, -0.2) is 4.39 Å². The lowest BCUT2D eigenvalue weighted by Crippen LogP contribution is -1.87. The van der Waals surface area contributed by atoms with E-state index in [0.29, 0.717) is 6.42 Å². The van der Waals surface area contributed by atoms with Crippen molar-refractivity contribution in [2.75, 3.05) is 0 Å². The topological polar surface area (TPSA) is 23.8 Å². The van der Waals surface area contributed by atoms with Crippen LogP contribution in [0.2, 0.25) is 0 Å². The second-order valence-corrected chi connectivity index (χ2v) is 3.23. The standard InChI is InChI=1S/C8H5FIN/c9-7-2-1-6(3-4-11)8(10)5-7/h1-2,5H,3H2. The number of rotatable bonds is 1. The molecule has 3 heteroatoms. The summed E-state index contributed by atoms with van der Waals surface area (Å²) in [7, 11) is 0. The summed E-state index contributed by atoms with van der Waals surface area (Å²) < 4.78 is 13.3. The molecule has 1 aromatic rings. The van der Waals surface area contributed by atoms with Crippen LogP contribution in [0, 0.1) is 20.7 Å². The monoisotopic (exact) mass is 261 g/mol. The molecule has 0 aromatic heterocycles. The summed E-state index contributed by atoms with van der Waals surface area (Å²) in [4.78, 5) is 0. The molecule has 1 nitrogen and oxygen atoms in total. The van der Waals surface area contributed by atoms with Gasteiger partial charge in [0.15, 0.2) is 0 Å². The summed E-state index contributed by atoms with van der Waals surface area (Å²) in [6, 6.07) is 6.45. The van der Waals surface area contributed by atoms with E-state index >= 15 is 0 Å². The highest BCUT2D eigenvalue weighted by Gasteiger charge is 1.99. The largest absolute Gasteiger partial charge is 0.207 e. The Bertz CT molecular complexity index is 303. The first-order chi connectivity index (χ1) is 5.24. The molecule has 1 aromatic carbocycles. The lowest BCUT2D eigenvalue weighted by Gasteiger charge is -1.97. The fraction of sp³-hybridized carbons (Fsp3) is 0.125. The average Bonchev–Trinajstić information content (AvgIpc) is 1.95. The number of hydrogen-bond acceptors (Lipinski definition) is 1.